The molecule has 2 heterocycles. The first-order valence-corrected chi connectivity index (χ1v) is 7.49. The molecule has 0 aromatic rings. The fourth-order valence-corrected chi connectivity index (χ4v) is 3.64. The van der Waals surface area contributed by atoms with Crippen LogP contribution in [0.5, 0.6) is 0 Å². The van der Waals surface area contributed by atoms with E-state index >= 15 is 0 Å². The Kier molecular flexibility index (Phi) is 4.00. The van der Waals surface area contributed by atoms with Gasteiger partial charge in [-0.2, -0.15) is 0 Å². The Morgan fingerprint density at radius 2 is 1.78 bits per heavy atom. The Balaban J connectivity index is 2.13. The Morgan fingerprint density at radius 1 is 1.17 bits per heavy atom. The van der Waals surface area contributed by atoms with E-state index in [-0.39, 0.29) is 11.5 Å². The molecule has 3 atom stereocenters. The lowest BCUT2D eigenvalue weighted by atomic mass is 9.76. The summed E-state index contributed by atoms with van der Waals surface area (Å²) in [6.07, 6.45) is 5.90. The van der Waals surface area contributed by atoms with Crippen LogP contribution >= 0.6 is 0 Å². The van der Waals surface area contributed by atoms with Crippen LogP contribution < -0.4 is 5.32 Å². The van der Waals surface area contributed by atoms with Crippen LogP contribution in [0.3, 0.4) is 0 Å². The van der Waals surface area contributed by atoms with Gasteiger partial charge in [0.05, 0.1) is 6.04 Å². The largest absolute Gasteiger partial charge is 0.336 e. The van der Waals surface area contributed by atoms with Crippen molar-refractivity contribution < 1.29 is 4.79 Å². The molecule has 2 fully saturated rings. The van der Waals surface area contributed by atoms with Crippen LogP contribution in [0, 0.1) is 5.41 Å². The zero-order valence-electron chi connectivity index (χ0n) is 12.3. The highest BCUT2D eigenvalue weighted by Crippen LogP contribution is 2.33. The topological polar surface area (TPSA) is 32.3 Å². The fraction of sp³-hybridized carbons (Fsp3) is 0.933. The van der Waals surface area contributed by atoms with E-state index in [2.05, 4.69) is 37.9 Å². The third-order valence-corrected chi connectivity index (χ3v) is 4.82. The van der Waals surface area contributed by atoms with Gasteiger partial charge in [0.15, 0.2) is 0 Å². The molecular weight excluding hydrogens is 224 g/mol. The molecule has 0 aliphatic carbocycles. The molecule has 0 saturated carbocycles. The number of hydrogen-bond donors (Lipinski definition) is 1. The number of carbonyl (C=O) groups excluding carboxylic acids is 1. The van der Waals surface area contributed by atoms with E-state index in [9.17, 15) is 4.79 Å². The summed E-state index contributed by atoms with van der Waals surface area (Å²) in [5.74, 6) is 0.333. The minimum absolute atomic E-state index is 0.00856. The van der Waals surface area contributed by atoms with E-state index in [1.807, 2.05) is 0 Å². The molecule has 0 aromatic carbocycles. The average molecular weight is 252 g/mol. The summed E-state index contributed by atoms with van der Waals surface area (Å²) in [5.41, 5.74) is 0.0895. The van der Waals surface area contributed by atoms with Crippen molar-refractivity contribution in [2.24, 2.45) is 5.41 Å². The Hall–Kier alpha value is -0.570. The zero-order valence-corrected chi connectivity index (χ0v) is 12.3. The van der Waals surface area contributed by atoms with Gasteiger partial charge in [-0.3, -0.25) is 4.79 Å². The van der Waals surface area contributed by atoms with Gasteiger partial charge in [-0.1, -0.05) is 13.8 Å². The second-order valence-corrected chi connectivity index (χ2v) is 6.85. The van der Waals surface area contributed by atoms with E-state index in [4.69, 9.17) is 0 Å². The fourth-order valence-electron chi connectivity index (χ4n) is 3.64. The van der Waals surface area contributed by atoms with Crippen LogP contribution in [0.1, 0.15) is 59.8 Å². The van der Waals surface area contributed by atoms with Crippen molar-refractivity contribution >= 4 is 5.91 Å². The van der Waals surface area contributed by atoms with Crippen molar-refractivity contribution in [3.05, 3.63) is 0 Å². The van der Waals surface area contributed by atoms with Crippen molar-refractivity contribution in [2.75, 3.05) is 6.54 Å². The maximum Gasteiger partial charge on any atom is 0.240 e. The Labute approximate surface area is 111 Å². The predicted octanol–water partition coefficient (Wildman–Crippen LogP) is 2.55. The van der Waals surface area contributed by atoms with Crippen molar-refractivity contribution in [3.63, 3.8) is 0 Å². The number of rotatable bonds is 1. The summed E-state index contributed by atoms with van der Waals surface area (Å²) in [4.78, 5) is 15.0. The van der Waals surface area contributed by atoms with Gasteiger partial charge in [0, 0.05) is 12.1 Å². The molecule has 3 heteroatoms. The number of nitrogens with one attached hydrogen (secondary N) is 1. The highest BCUT2D eigenvalue weighted by molar-refractivity contribution is 5.83. The smallest absolute Gasteiger partial charge is 0.240 e. The van der Waals surface area contributed by atoms with Crippen molar-refractivity contribution in [3.8, 4) is 0 Å². The molecule has 1 unspecified atom stereocenters. The van der Waals surface area contributed by atoms with Crippen molar-refractivity contribution in [1.29, 1.82) is 0 Å². The predicted molar refractivity (Wildman–Crippen MR) is 74.4 cm³/mol. The minimum Gasteiger partial charge on any atom is -0.336 e. The van der Waals surface area contributed by atoms with Crippen LogP contribution in [-0.2, 0) is 4.79 Å². The van der Waals surface area contributed by atoms with Crippen LogP contribution in [-0.4, -0.2) is 35.5 Å². The zero-order chi connectivity index (χ0) is 13.3. The molecule has 1 amide bonds. The Bertz CT molecular complexity index is 300. The molecule has 2 aliphatic rings. The van der Waals surface area contributed by atoms with E-state index < -0.39 is 0 Å². The van der Waals surface area contributed by atoms with E-state index in [1.54, 1.807) is 0 Å². The molecule has 0 spiro atoms. The van der Waals surface area contributed by atoms with E-state index in [1.165, 1.54) is 12.8 Å². The van der Waals surface area contributed by atoms with Gasteiger partial charge in [0.25, 0.3) is 0 Å². The maximum atomic E-state index is 12.9. The lowest BCUT2D eigenvalue weighted by molar-refractivity contribution is -0.143. The third-order valence-electron chi connectivity index (χ3n) is 4.82. The number of amides is 1. The highest BCUT2D eigenvalue weighted by atomic mass is 16.2. The maximum absolute atomic E-state index is 12.9. The van der Waals surface area contributed by atoms with E-state index in [0.29, 0.717) is 18.0 Å². The normalized spacial score (nSPS) is 36.4. The van der Waals surface area contributed by atoms with Gasteiger partial charge in [-0.05, 0) is 57.9 Å². The van der Waals surface area contributed by atoms with Crippen molar-refractivity contribution in [1.82, 2.24) is 10.2 Å². The molecule has 1 N–H and O–H groups in total. The highest BCUT2D eigenvalue weighted by Gasteiger charge is 2.42. The van der Waals surface area contributed by atoms with Crippen LogP contribution in [0.2, 0.25) is 0 Å². The molecule has 2 saturated heterocycles. The average Bonchev–Trinajstić information content (AvgIpc) is 2.27. The quantitative estimate of drug-likeness (QED) is 0.778. The number of likely N-dealkylation sites (tertiary alicyclic amines) is 1. The number of nitrogens with zero attached hydrogens (tertiary/aromatic N) is 1. The molecule has 3 nitrogen and oxygen atoms in total. The van der Waals surface area contributed by atoms with Gasteiger partial charge in [-0.25, -0.2) is 0 Å². The first kappa shape index (κ1) is 13.9. The Morgan fingerprint density at radius 3 is 2.33 bits per heavy atom. The monoisotopic (exact) mass is 252 g/mol. The molecule has 2 aliphatic heterocycles. The summed E-state index contributed by atoms with van der Waals surface area (Å²) in [5, 5.41) is 3.46. The molecule has 18 heavy (non-hydrogen) atoms. The molecular formula is C15H28N2O. The van der Waals surface area contributed by atoms with Gasteiger partial charge >= 0.3 is 0 Å². The third kappa shape index (κ3) is 2.56. The van der Waals surface area contributed by atoms with Crippen molar-refractivity contribution in [2.45, 2.75) is 77.9 Å². The summed E-state index contributed by atoms with van der Waals surface area (Å²) in [6.45, 7) is 9.82. The summed E-state index contributed by atoms with van der Waals surface area (Å²) < 4.78 is 0. The molecule has 104 valence electrons. The summed E-state index contributed by atoms with van der Waals surface area (Å²) in [6, 6.07) is 0.816. The molecule has 0 radical (unpaired) electrons. The first-order valence-electron chi connectivity index (χ1n) is 7.49. The van der Waals surface area contributed by atoms with Gasteiger partial charge < -0.3 is 10.2 Å². The molecule has 0 aromatic heterocycles. The number of hydrogen-bond acceptors (Lipinski definition) is 2. The van der Waals surface area contributed by atoms with Gasteiger partial charge in [-0.15, -0.1) is 0 Å². The first-order chi connectivity index (χ1) is 8.43. The van der Waals surface area contributed by atoms with Gasteiger partial charge in [0.1, 0.15) is 0 Å². The molecule has 2 rings (SSSR count). The minimum atomic E-state index is 0.00856. The van der Waals surface area contributed by atoms with Crippen LogP contribution in [0.4, 0.5) is 0 Å². The van der Waals surface area contributed by atoms with E-state index in [0.717, 1.165) is 25.8 Å². The lowest BCUT2D eigenvalue weighted by Crippen LogP contribution is -2.60. The second kappa shape index (κ2) is 5.20. The number of piperidine rings is 2. The van der Waals surface area contributed by atoms with Crippen LogP contribution in [0.15, 0.2) is 0 Å². The standard InChI is InChI=1S/C15H28N2O/c1-11-7-5-8-12(2)17(11)14(18)13-15(3,4)9-6-10-16-13/h11-13,16H,5-10H2,1-4H3/t11-,12+,13?. The summed E-state index contributed by atoms with van der Waals surface area (Å²) >= 11 is 0. The number of carbonyl (C=O) groups is 1. The second-order valence-electron chi connectivity index (χ2n) is 6.85. The van der Waals surface area contributed by atoms with Gasteiger partial charge in [0.2, 0.25) is 5.91 Å². The lowest BCUT2D eigenvalue weighted by Gasteiger charge is -2.46. The molecule has 0 bridgehead atoms. The SMILES string of the molecule is C[C@@H]1CCC[C@H](C)N1C(=O)C1NCCCC1(C)C. The summed E-state index contributed by atoms with van der Waals surface area (Å²) in [7, 11) is 0. The van der Waals surface area contributed by atoms with Crippen LogP contribution in [0.25, 0.3) is 0 Å².